The number of hydrogen-bond acceptors (Lipinski definition) is 4. The fourth-order valence-corrected chi connectivity index (χ4v) is 3.65. The number of likely N-dealkylation sites (tertiary alicyclic amines) is 1. The SMILES string of the molecule is NS(=O)(=O)c1cccc(C(=O)N[C@@H](CN2CCCC2=O)c2ccccc2)c1. The highest BCUT2D eigenvalue weighted by Crippen LogP contribution is 2.19. The van der Waals surface area contributed by atoms with E-state index in [1.807, 2.05) is 30.3 Å². The third-order valence-electron chi connectivity index (χ3n) is 4.51. The number of benzene rings is 2. The van der Waals surface area contributed by atoms with Crippen molar-refractivity contribution in [1.29, 1.82) is 0 Å². The quantitative estimate of drug-likeness (QED) is 0.781. The second-order valence-corrected chi connectivity index (χ2v) is 8.01. The minimum atomic E-state index is -3.90. The molecule has 0 aromatic heterocycles. The summed E-state index contributed by atoms with van der Waals surface area (Å²) >= 11 is 0. The average Bonchev–Trinajstić information content (AvgIpc) is 3.06. The van der Waals surface area contributed by atoms with Crippen molar-refractivity contribution < 1.29 is 18.0 Å². The van der Waals surface area contributed by atoms with Crippen LogP contribution in [0.5, 0.6) is 0 Å². The number of rotatable bonds is 6. The molecular formula is C19H21N3O4S. The van der Waals surface area contributed by atoms with E-state index < -0.39 is 22.0 Å². The van der Waals surface area contributed by atoms with Gasteiger partial charge in [0.2, 0.25) is 15.9 Å². The Balaban J connectivity index is 1.83. The topological polar surface area (TPSA) is 110 Å². The Morgan fingerprint density at radius 2 is 1.89 bits per heavy atom. The third-order valence-corrected chi connectivity index (χ3v) is 5.42. The third kappa shape index (κ3) is 4.72. The summed E-state index contributed by atoms with van der Waals surface area (Å²) in [5.41, 5.74) is 1.06. The number of nitrogens with one attached hydrogen (secondary N) is 1. The monoisotopic (exact) mass is 387 g/mol. The maximum Gasteiger partial charge on any atom is 0.251 e. The Kier molecular flexibility index (Phi) is 5.57. The van der Waals surface area contributed by atoms with Gasteiger partial charge in [0.25, 0.3) is 5.91 Å². The van der Waals surface area contributed by atoms with Crippen LogP contribution in [0.15, 0.2) is 59.5 Å². The van der Waals surface area contributed by atoms with Crippen molar-refractivity contribution in [2.45, 2.75) is 23.8 Å². The predicted octanol–water partition coefficient (Wildman–Crippen LogP) is 1.43. The first-order valence-electron chi connectivity index (χ1n) is 8.61. The van der Waals surface area contributed by atoms with Crippen LogP contribution in [0.3, 0.4) is 0 Å². The molecule has 0 saturated carbocycles. The van der Waals surface area contributed by atoms with Crippen LogP contribution in [-0.2, 0) is 14.8 Å². The Bertz CT molecular complexity index is 944. The fourth-order valence-electron chi connectivity index (χ4n) is 3.09. The van der Waals surface area contributed by atoms with Gasteiger partial charge in [0, 0.05) is 25.1 Å². The number of amides is 2. The molecule has 8 heteroatoms. The number of carbonyl (C=O) groups excluding carboxylic acids is 2. The van der Waals surface area contributed by atoms with Gasteiger partial charge in [-0.3, -0.25) is 9.59 Å². The summed E-state index contributed by atoms with van der Waals surface area (Å²) in [6.07, 6.45) is 1.33. The summed E-state index contributed by atoms with van der Waals surface area (Å²) in [6, 6.07) is 14.5. The number of primary sulfonamides is 1. The van der Waals surface area contributed by atoms with Crippen molar-refractivity contribution in [2.75, 3.05) is 13.1 Å². The van der Waals surface area contributed by atoms with Gasteiger partial charge in [0.05, 0.1) is 10.9 Å². The zero-order valence-electron chi connectivity index (χ0n) is 14.7. The molecule has 0 spiro atoms. The van der Waals surface area contributed by atoms with Crippen LogP contribution >= 0.6 is 0 Å². The molecule has 1 fully saturated rings. The first-order chi connectivity index (χ1) is 12.8. The summed E-state index contributed by atoms with van der Waals surface area (Å²) in [5, 5.41) is 8.05. The lowest BCUT2D eigenvalue weighted by atomic mass is 10.1. The number of hydrogen-bond donors (Lipinski definition) is 2. The van der Waals surface area contributed by atoms with Gasteiger partial charge >= 0.3 is 0 Å². The van der Waals surface area contributed by atoms with E-state index in [2.05, 4.69) is 5.32 Å². The smallest absolute Gasteiger partial charge is 0.251 e. The molecule has 1 atom stereocenters. The van der Waals surface area contributed by atoms with E-state index in [9.17, 15) is 18.0 Å². The van der Waals surface area contributed by atoms with Gasteiger partial charge in [-0.2, -0.15) is 0 Å². The normalized spacial score (nSPS) is 15.6. The fraction of sp³-hybridized carbons (Fsp3) is 0.263. The number of sulfonamides is 1. The van der Waals surface area contributed by atoms with Gasteiger partial charge in [-0.25, -0.2) is 13.6 Å². The first-order valence-corrected chi connectivity index (χ1v) is 10.2. The lowest BCUT2D eigenvalue weighted by Crippen LogP contribution is -2.38. The summed E-state index contributed by atoms with van der Waals surface area (Å²) in [6.45, 7) is 1.03. The van der Waals surface area contributed by atoms with Crippen molar-refractivity contribution in [3.05, 3.63) is 65.7 Å². The van der Waals surface area contributed by atoms with Crippen LogP contribution < -0.4 is 10.5 Å². The van der Waals surface area contributed by atoms with Crippen LogP contribution in [0, 0.1) is 0 Å². The zero-order chi connectivity index (χ0) is 19.4. The average molecular weight is 387 g/mol. The van der Waals surface area contributed by atoms with Gasteiger partial charge in [-0.05, 0) is 30.2 Å². The molecule has 3 N–H and O–H groups in total. The Morgan fingerprint density at radius 1 is 1.15 bits per heavy atom. The van der Waals surface area contributed by atoms with Gasteiger partial charge in [0.15, 0.2) is 0 Å². The highest BCUT2D eigenvalue weighted by molar-refractivity contribution is 7.89. The maximum atomic E-state index is 12.7. The molecule has 1 aliphatic heterocycles. The minimum absolute atomic E-state index is 0.0707. The van der Waals surface area contributed by atoms with E-state index in [0.717, 1.165) is 12.0 Å². The second kappa shape index (κ2) is 7.89. The lowest BCUT2D eigenvalue weighted by molar-refractivity contribution is -0.128. The van der Waals surface area contributed by atoms with E-state index in [-0.39, 0.29) is 16.4 Å². The minimum Gasteiger partial charge on any atom is -0.343 e. The van der Waals surface area contributed by atoms with E-state index in [0.29, 0.717) is 19.5 Å². The summed E-state index contributed by atoms with van der Waals surface area (Å²) in [5.74, 6) is -0.359. The molecule has 2 amide bonds. The van der Waals surface area contributed by atoms with Crippen molar-refractivity contribution in [3.8, 4) is 0 Å². The van der Waals surface area contributed by atoms with E-state index >= 15 is 0 Å². The largest absolute Gasteiger partial charge is 0.343 e. The Hall–Kier alpha value is -2.71. The Labute approximate surface area is 158 Å². The molecule has 142 valence electrons. The van der Waals surface area contributed by atoms with Gasteiger partial charge in [-0.1, -0.05) is 36.4 Å². The van der Waals surface area contributed by atoms with Gasteiger partial charge in [-0.15, -0.1) is 0 Å². The van der Waals surface area contributed by atoms with E-state index in [1.165, 1.54) is 24.3 Å². The summed E-state index contributed by atoms with van der Waals surface area (Å²) in [7, 11) is -3.90. The first kappa shape index (κ1) is 19.1. The highest BCUT2D eigenvalue weighted by atomic mass is 32.2. The van der Waals surface area contributed by atoms with Crippen LogP contribution in [0.1, 0.15) is 34.8 Å². The van der Waals surface area contributed by atoms with Crippen LogP contribution in [0.2, 0.25) is 0 Å². The van der Waals surface area contributed by atoms with Crippen LogP contribution in [0.25, 0.3) is 0 Å². The van der Waals surface area contributed by atoms with Crippen LogP contribution in [0.4, 0.5) is 0 Å². The molecule has 0 bridgehead atoms. The molecule has 3 rings (SSSR count). The zero-order valence-corrected chi connectivity index (χ0v) is 15.5. The summed E-state index contributed by atoms with van der Waals surface area (Å²) in [4.78, 5) is 26.3. The van der Waals surface area contributed by atoms with E-state index in [1.54, 1.807) is 4.90 Å². The molecule has 27 heavy (non-hydrogen) atoms. The Morgan fingerprint density at radius 3 is 2.52 bits per heavy atom. The van der Waals surface area contributed by atoms with E-state index in [4.69, 9.17) is 5.14 Å². The number of nitrogens with zero attached hydrogens (tertiary/aromatic N) is 1. The second-order valence-electron chi connectivity index (χ2n) is 6.45. The maximum absolute atomic E-state index is 12.7. The lowest BCUT2D eigenvalue weighted by Gasteiger charge is -2.25. The van der Waals surface area contributed by atoms with Crippen molar-refractivity contribution >= 4 is 21.8 Å². The molecule has 0 unspecified atom stereocenters. The summed E-state index contributed by atoms with van der Waals surface area (Å²) < 4.78 is 23.0. The standard InChI is InChI=1S/C19H21N3O4S/c20-27(25,26)16-9-4-8-15(12-16)19(24)21-17(14-6-2-1-3-7-14)13-22-11-5-10-18(22)23/h1-4,6-9,12,17H,5,10-11,13H2,(H,21,24)(H2,20,25,26)/t17-/m0/s1. The molecule has 1 saturated heterocycles. The molecule has 0 radical (unpaired) electrons. The highest BCUT2D eigenvalue weighted by Gasteiger charge is 2.25. The van der Waals surface area contributed by atoms with Gasteiger partial charge < -0.3 is 10.2 Å². The molecule has 7 nitrogen and oxygen atoms in total. The molecular weight excluding hydrogens is 366 g/mol. The number of nitrogens with two attached hydrogens (primary N) is 1. The van der Waals surface area contributed by atoms with Crippen LogP contribution in [-0.4, -0.2) is 38.2 Å². The molecule has 1 heterocycles. The van der Waals surface area contributed by atoms with Crippen molar-refractivity contribution in [1.82, 2.24) is 10.2 Å². The molecule has 1 aliphatic rings. The van der Waals surface area contributed by atoms with Gasteiger partial charge in [0.1, 0.15) is 0 Å². The van der Waals surface area contributed by atoms with Crippen molar-refractivity contribution in [2.24, 2.45) is 5.14 Å². The number of carbonyl (C=O) groups is 2. The molecule has 2 aromatic rings. The van der Waals surface area contributed by atoms with Crippen molar-refractivity contribution in [3.63, 3.8) is 0 Å². The molecule has 2 aromatic carbocycles. The predicted molar refractivity (Wildman–Crippen MR) is 100 cm³/mol. The molecule has 0 aliphatic carbocycles.